The summed E-state index contributed by atoms with van der Waals surface area (Å²) in [6, 6.07) is 8.28. The molecule has 4 heteroatoms. The van der Waals surface area contributed by atoms with Gasteiger partial charge in [-0.05, 0) is 30.2 Å². The summed E-state index contributed by atoms with van der Waals surface area (Å²) in [5, 5.41) is 4.21. The molecule has 1 unspecified atom stereocenters. The van der Waals surface area contributed by atoms with Crippen molar-refractivity contribution in [1.82, 2.24) is 5.43 Å². The Kier molecular flexibility index (Phi) is 5.39. The van der Waals surface area contributed by atoms with Gasteiger partial charge in [0.05, 0.1) is 5.71 Å². The van der Waals surface area contributed by atoms with Gasteiger partial charge in [0.15, 0.2) is 0 Å². The number of carbonyl (C=O) groups excluding carboxylic acids is 1. The number of hydrogen-bond donors (Lipinski definition) is 1. The van der Waals surface area contributed by atoms with Gasteiger partial charge in [0.1, 0.15) is 0 Å². The van der Waals surface area contributed by atoms with Crippen LogP contribution in [0.3, 0.4) is 0 Å². The molecule has 1 aliphatic rings. The number of hydrogen-bond acceptors (Lipinski definition) is 3. The van der Waals surface area contributed by atoms with Crippen LogP contribution in [-0.4, -0.2) is 17.4 Å². The molecule has 0 radical (unpaired) electrons. The molecule has 2 rings (SSSR count). The van der Waals surface area contributed by atoms with Crippen molar-refractivity contribution in [3.63, 3.8) is 0 Å². The summed E-state index contributed by atoms with van der Waals surface area (Å²) in [5.41, 5.74) is 5.79. The van der Waals surface area contributed by atoms with Crippen molar-refractivity contribution in [3.05, 3.63) is 48.1 Å². The van der Waals surface area contributed by atoms with Gasteiger partial charge in [-0.25, -0.2) is 5.43 Å². The molecule has 0 bridgehead atoms. The lowest BCUT2D eigenvalue weighted by Gasteiger charge is -2.19. The van der Waals surface area contributed by atoms with Crippen molar-refractivity contribution < 1.29 is 4.79 Å². The second-order valence-corrected chi connectivity index (χ2v) is 6.16. The zero-order chi connectivity index (χ0) is 15.2. The molecule has 1 aliphatic heterocycles. The van der Waals surface area contributed by atoms with E-state index >= 15 is 0 Å². The molecule has 1 atom stereocenters. The zero-order valence-corrected chi connectivity index (χ0v) is 13.2. The number of amides is 1. The average Bonchev–Trinajstić information content (AvgIpc) is 2.46. The van der Waals surface area contributed by atoms with Gasteiger partial charge in [-0.15, -0.1) is 18.3 Å². The van der Waals surface area contributed by atoms with Crippen molar-refractivity contribution in [3.8, 4) is 0 Å². The standard InChI is InChI=1S/C17H20N2OS/c1-4-9-21-15-8-6-5-7-14(15)10-12(2)17-13(3)11-16(20)18-19-17/h4-8,10,13H,1,9,11H2,2-3H3,(H,18,20). The molecule has 0 spiro atoms. The monoisotopic (exact) mass is 300 g/mol. The van der Waals surface area contributed by atoms with E-state index in [0.717, 1.165) is 17.0 Å². The minimum Gasteiger partial charge on any atom is -0.273 e. The molecule has 0 aromatic heterocycles. The van der Waals surface area contributed by atoms with Crippen LogP contribution < -0.4 is 5.43 Å². The highest BCUT2D eigenvalue weighted by atomic mass is 32.2. The Balaban J connectivity index is 2.26. The van der Waals surface area contributed by atoms with Crippen LogP contribution in [0.4, 0.5) is 0 Å². The van der Waals surface area contributed by atoms with Crippen molar-refractivity contribution in [2.75, 3.05) is 5.75 Å². The number of carbonyl (C=O) groups is 1. The van der Waals surface area contributed by atoms with Crippen molar-refractivity contribution in [2.45, 2.75) is 25.2 Å². The Morgan fingerprint density at radius 1 is 1.52 bits per heavy atom. The zero-order valence-electron chi connectivity index (χ0n) is 12.4. The Morgan fingerprint density at radius 3 is 3.00 bits per heavy atom. The van der Waals surface area contributed by atoms with Gasteiger partial charge in [0, 0.05) is 23.0 Å². The van der Waals surface area contributed by atoms with Crippen LogP contribution in [0.15, 0.2) is 52.5 Å². The van der Waals surface area contributed by atoms with Gasteiger partial charge >= 0.3 is 0 Å². The lowest BCUT2D eigenvalue weighted by atomic mass is 9.93. The van der Waals surface area contributed by atoms with E-state index < -0.39 is 0 Å². The maximum atomic E-state index is 11.3. The third-order valence-electron chi connectivity index (χ3n) is 3.31. The van der Waals surface area contributed by atoms with E-state index in [1.54, 1.807) is 11.8 Å². The van der Waals surface area contributed by atoms with Gasteiger partial charge in [-0.2, -0.15) is 5.10 Å². The highest BCUT2D eigenvalue weighted by Gasteiger charge is 2.21. The third-order valence-corrected chi connectivity index (χ3v) is 4.40. The summed E-state index contributed by atoms with van der Waals surface area (Å²) in [5.74, 6) is 1.03. The molecule has 21 heavy (non-hydrogen) atoms. The number of nitrogens with zero attached hydrogens (tertiary/aromatic N) is 1. The Morgan fingerprint density at radius 2 is 2.29 bits per heavy atom. The smallest absolute Gasteiger partial charge is 0.240 e. The predicted molar refractivity (Wildman–Crippen MR) is 90.4 cm³/mol. The molecule has 1 aromatic carbocycles. The maximum absolute atomic E-state index is 11.3. The van der Waals surface area contributed by atoms with Crippen LogP contribution in [0.5, 0.6) is 0 Å². The fourth-order valence-electron chi connectivity index (χ4n) is 2.32. The molecular weight excluding hydrogens is 280 g/mol. The summed E-state index contributed by atoms with van der Waals surface area (Å²) in [4.78, 5) is 12.5. The molecular formula is C17H20N2OS. The second kappa shape index (κ2) is 7.27. The highest BCUT2D eigenvalue weighted by Crippen LogP contribution is 2.26. The molecule has 1 heterocycles. The second-order valence-electron chi connectivity index (χ2n) is 5.10. The number of benzene rings is 1. The molecule has 0 fully saturated rings. The first-order valence-electron chi connectivity index (χ1n) is 6.99. The number of allylic oxidation sites excluding steroid dienone is 1. The lowest BCUT2D eigenvalue weighted by Crippen LogP contribution is -2.31. The van der Waals surface area contributed by atoms with Crippen molar-refractivity contribution in [1.29, 1.82) is 0 Å². The highest BCUT2D eigenvalue weighted by molar-refractivity contribution is 7.99. The molecule has 1 N–H and O–H groups in total. The summed E-state index contributed by atoms with van der Waals surface area (Å²) in [6.45, 7) is 7.84. The van der Waals surface area contributed by atoms with E-state index in [-0.39, 0.29) is 11.8 Å². The van der Waals surface area contributed by atoms with Crippen molar-refractivity contribution >= 4 is 29.5 Å². The average molecular weight is 300 g/mol. The molecule has 1 amide bonds. The van der Waals surface area contributed by atoms with Crippen molar-refractivity contribution in [2.24, 2.45) is 11.0 Å². The number of hydrazone groups is 1. The third kappa shape index (κ3) is 4.08. The largest absolute Gasteiger partial charge is 0.273 e. The molecule has 3 nitrogen and oxygen atoms in total. The van der Waals surface area contributed by atoms with Crippen LogP contribution >= 0.6 is 11.8 Å². The van der Waals surface area contributed by atoms with Crippen LogP contribution in [-0.2, 0) is 4.79 Å². The van der Waals surface area contributed by atoms with E-state index in [0.29, 0.717) is 6.42 Å². The number of rotatable bonds is 5. The Labute approximate surface area is 130 Å². The fourth-order valence-corrected chi connectivity index (χ4v) is 3.08. The molecule has 0 saturated carbocycles. The minimum absolute atomic E-state index is 0.0130. The molecule has 0 saturated heterocycles. The van der Waals surface area contributed by atoms with Gasteiger partial charge < -0.3 is 0 Å². The van der Waals surface area contributed by atoms with Crippen LogP contribution in [0.25, 0.3) is 6.08 Å². The van der Waals surface area contributed by atoms with E-state index in [1.807, 2.05) is 32.1 Å². The van der Waals surface area contributed by atoms with Gasteiger partial charge in [-0.3, -0.25) is 4.79 Å². The van der Waals surface area contributed by atoms with E-state index in [2.05, 4.69) is 35.3 Å². The van der Waals surface area contributed by atoms with E-state index in [9.17, 15) is 4.79 Å². The molecule has 1 aromatic rings. The SMILES string of the molecule is C=CCSc1ccccc1C=C(C)C1=NNC(=O)CC1C. The summed E-state index contributed by atoms with van der Waals surface area (Å²) in [7, 11) is 0. The predicted octanol–water partition coefficient (Wildman–Crippen LogP) is 3.88. The maximum Gasteiger partial charge on any atom is 0.240 e. The normalized spacial score (nSPS) is 19.0. The van der Waals surface area contributed by atoms with E-state index in [4.69, 9.17) is 0 Å². The van der Waals surface area contributed by atoms with E-state index in [1.165, 1.54) is 10.5 Å². The van der Waals surface area contributed by atoms with Crippen LogP contribution in [0.1, 0.15) is 25.8 Å². The Hall–Kier alpha value is -1.81. The van der Waals surface area contributed by atoms with Gasteiger partial charge in [0.2, 0.25) is 5.91 Å². The quantitative estimate of drug-likeness (QED) is 0.662. The first-order chi connectivity index (χ1) is 10.1. The lowest BCUT2D eigenvalue weighted by molar-refractivity contribution is -0.121. The minimum atomic E-state index is -0.0130. The molecule has 110 valence electrons. The summed E-state index contributed by atoms with van der Waals surface area (Å²) >= 11 is 1.76. The summed E-state index contributed by atoms with van der Waals surface area (Å²) < 4.78 is 0. The fraction of sp³-hybridized carbons (Fsp3) is 0.294. The van der Waals surface area contributed by atoms with Gasteiger partial charge in [-0.1, -0.05) is 31.2 Å². The van der Waals surface area contributed by atoms with Crippen LogP contribution in [0, 0.1) is 5.92 Å². The number of thioether (sulfide) groups is 1. The first kappa shape index (κ1) is 15.6. The van der Waals surface area contributed by atoms with Crippen LogP contribution in [0.2, 0.25) is 0 Å². The topological polar surface area (TPSA) is 41.5 Å². The molecule has 0 aliphatic carbocycles. The number of nitrogens with one attached hydrogen (secondary N) is 1. The summed E-state index contributed by atoms with van der Waals surface area (Å²) in [6.07, 6.45) is 4.54. The van der Waals surface area contributed by atoms with Gasteiger partial charge in [0.25, 0.3) is 0 Å². The Bertz CT molecular complexity index is 605. The first-order valence-corrected chi connectivity index (χ1v) is 7.98.